The largest absolute Gasteiger partial charge is 0.396 e. The maximum Gasteiger partial charge on any atom is 0.313 e. The molecule has 0 heterocycles. The van der Waals surface area contributed by atoms with Gasteiger partial charge in [0.2, 0.25) is 0 Å². The van der Waals surface area contributed by atoms with E-state index in [1.165, 1.54) is 35.5 Å². The van der Waals surface area contributed by atoms with Crippen LogP contribution in [0.25, 0.3) is 0 Å². The van der Waals surface area contributed by atoms with Crippen LogP contribution < -0.4 is 0 Å². The molecule has 5 nitrogen and oxygen atoms in total. The number of aryl methyl sites for hydroxylation is 3. The van der Waals surface area contributed by atoms with Crippen LogP contribution in [0.1, 0.15) is 68.1 Å². The lowest BCUT2D eigenvalue weighted by Gasteiger charge is -2.16. The molecule has 3 aromatic rings. The van der Waals surface area contributed by atoms with Gasteiger partial charge in [0.1, 0.15) is 0 Å². The smallest absolute Gasteiger partial charge is 0.313 e. The highest BCUT2D eigenvalue weighted by Gasteiger charge is 2.17. The number of aliphatic hydroxyl groups is 1. The maximum absolute atomic E-state index is 12.2. The Morgan fingerprint density at radius 2 is 1.13 bits per heavy atom. The van der Waals surface area contributed by atoms with Crippen LogP contribution in [0.3, 0.4) is 0 Å². The highest BCUT2D eigenvalue weighted by atomic mass is 32.2. The Morgan fingerprint density at radius 3 is 1.63 bits per heavy atom. The van der Waals surface area contributed by atoms with Gasteiger partial charge in [0.25, 0.3) is 0 Å². The van der Waals surface area contributed by atoms with Gasteiger partial charge in [-0.1, -0.05) is 104 Å². The summed E-state index contributed by atoms with van der Waals surface area (Å²) in [6.07, 6.45) is 11.1. The molecule has 3 rings (SSSR count). The number of hydrogen-bond donors (Lipinski definition) is 1. The third-order valence-electron chi connectivity index (χ3n) is 6.28. The molecule has 0 saturated heterocycles. The van der Waals surface area contributed by atoms with Crippen LogP contribution in [-0.4, -0.2) is 38.8 Å². The molecule has 0 aliphatic rings. The molecule has 0 saturated carbocycles. The van der Waals surface area contributed by atoms with Gasteiger partial charge in [0.15, 0.2) is 0 Å². The summed E-state index contributed by atoms with van der Waals surface area (Å²) in [4.78, 5) is 0.188. The molecule has 1 N–H and O–H groups in total. The Labute approximate surface area is 230 Å². The first kappa shape index (κ1) is 31.7. The lowest BCUT2D eigenvalue weighted by molar-refractivity contribution is -0.0251. The van der Waals surface area contributed by atoms with Gasteiger partial charge < -0.3 is 5.11 Å². The highest BCUT2D eigenvalue weighted by molar-refractivity contribution is 7.86. The Kier molecular flexibility index (Phi) is 15.6. The lowest BCUT2D eigenvalue weighted by atomic mass is 10.1. The molecule has 0 spiro atoms. The first-order valence-electron chi connectivity index (χ1n) is 13.8. The second kappa shape index (κ2) is 18.7. The molecule has 0 amide bonds. The standard InChI is InChI=1S/C20H27NO3S.C12H18O/c1-18-13-15-20(16-14-18)25(22,23)24-21(2)17-9-4-3-6-10-19-11-7-5-8-12-19;13-11-7-2-1-4-8-12-9-5-3-6-10-12/h5,7-8,11-16H,3-4,6,9-10,17H2,1-2H3;3,5-6,9-10,13H,1-2,4,7-8,11H2. The van der Waals surface area contributed by atoms with Gasteiger partial charge in [-0.05, 0) is 68.7 Å². The number of benzene rings is 3. The Morgan fingerprint density at radius 1 is 0.658 bits per heavy atom. The second-order valence-corrected chi connectivity index (χ2v) is 11.2. The first-order valence-corrected chi connectivity index (χ1v) is 15.2. The van der Waals surface area contributed by atoms with Crippen molar-refractivity contribution in [3.05, 3.63) is 102 Å². The van der Waals surface area contributed by atoms with Gasteiger partial charge in [-0.2, -0.15) is 17.8 Å². The van der Waals surface area contributed by atoms with E-state index in [1.54, 1.807) is 31.3 Å². The molecule has 0 fully saturated rings. The zero-order valence-electron chi connectivity index (χ0n) is 23.1. The summed E-state index contributed by atoms with van der Waals surface area (Å²) in [5.41, 5.74) is 3.81. The zero-order valence-corrected chi connectivity index (χ0v) is 23.9. The van der Waals surface area contributed by atoms with Gasteiger partial charge in [-0.15, -0.1) is 0 Å². The van der Waals surface area contributed by atoms with Gasteiger partial charge in [0, 0.05) is 20.2 Å². The number of unbranched alkanes of at least 4 members (excludes halogenated alkanes) is 6. The average molecular weight is 540 g/mol. The molecule has 0 bridgehead atoms. The minimum absolute atomic E-state index is 0.188. The molecule has 6 heteroatoms. The van der Waals surface area contributed by atoms with Crippen molar-refractivity contribution >= 4 is 10.1 Å². The molecule has 0 aliphatic carbocycles. The number of nitrogens with zero attached hydrogens (tertiary/aromatic N) is 1. The maximum atomic E-state index is 12.2. The minimum atomic E-state index is -3.73. The van der Waals surface area contributed by atoms with Gasteiger partial charge in [-0.25, -0.2) is 0 Å². The van der Waals surface area contributed by atoms with Crippen molar-refractivity contribution in [1.29, 1.82) is 0 Å². The normalized spacial score (nSPS) is 11.3. The summed E-state index contributed by atoms with van der Waals surface area (Å²) in [6, 6.07) is 27.7. The lowest BCUT2D eigenvalue weighted by Crippen LogP contribution is -2.24. The predicted molar refractivity (Wildman–Crippen MR) is 156 cm³/mol. The first-order chi connectivity index (χ1) is 18.4. The summed E-state index contributed by atoms with van der Waals surface area (Å²) < 4.78 is 29.5. The molecule has 0 radical (unpaired) electrons. The van der Waals surface area contributed by atoms with Crippen molar-refractivity contribution in [2.24, 2.45) is 0 Å². The fourth-order valence-electron chi connectivity index (χ4n) is 4.05. The van der Waals surface area contributed by atoms with Crippen molar-refractivity contribution in [3.63, 3.8) is 0 Å². The summed E-state index contributed by atoms with van der Waals surface area (Å²) in [6.45, 7) is 2.85. The van der Waals surface area contributed by atoms with Gasteiger partial charge in [0.05, 0.1) is 4.90 Å². The van der Waals surface area contributed by atoms with E-state index in [0.29, 0.717) is 13.2 Å². The van der Waals surface area contributed by atoms with Crippen molar-refractivity contribution in [1.82, 2.24) is 5.06 Å². The molecule has 0 aromatic heterocycles. The van der Waals surface area contributed by atoms with Crippen molar-refractivity contribution < 1.29 is 17.8 Å². The fourth-order valence-corrected chi connectivity index (χ4v) is 5.02. The number of hydroxylamine groups is 2. The van der Waals surface area contributed by atoms with Crippen LogP contribution in [-0.2, 0) is 27.2 Å². The van der Waals surface area contributed by atoms with E-state index in [1.807, 2.05) is 13.0 Å². The molecule has 0 unspecified atom stereocenters. The van der Waals surface area contributed by atoms with Gasteiger partial charge >= 0.3 is 10.1 Å². The van der Waals surface area contributed by atoms with Gasteiger partial charge in [-0.3, -0.25) is 0 Å². The van der Waals surface area contributed by atoms with E-state index in [0.717, 1.165) is 50.5 Å². The molecular formula is C32H45NO4S. The quantitative estimate of drug-likeness (QED) is 0.155. The van der Waals surface area contributed by atoms with E-state index in [9.17, 15) is 8.42 Å². The third kappa shape index (κ3) is 13.9. The van der Waals surface area contributed by atoms with Crippen LogP contribution >= 0.6 is 0 Å². The summed E-state index contributed by atoms with van der Waals surface area (Å²) in [5, 5.41) is 9.99. The Balaban J connectivity index is 0.000000328. The zero-order chi connectivity index (χ0) is 27.5. The van der Waals surface area contributed by atoms with Crippen molar-refractivity contribution in [2.75, 3.05) is 20.2 Å². The molecular weight excluding hydrogens is 494 g/mol. The summed E-state index contributed by atoms with van der Waals surface area (Å²) in [5.74, 6) is 0. The van der Waals surface area contributed by atoms with Crippen molar-refractivity contribution in [2.45, 2.75) is 76.0 Å². The molecule has 3 aromatic carbocycles. The Bertz CT molecular complexity index is 1090. The number of hydrogen-bond acceptors (Lipinski definition) is 5. The van der Waals surface area contributed by atoms with Crippen LogP contribution in [0, 0.1) is 6.92 Å². The predicted octanol–water partition coefficient (Wildman–Crippen LogP) is 7.13. The second-order valence-electron chi connectivity index (χ2n) is 9.72. The number of aliphatic hydroxyl groups excluding tert-OH is 1. The van der Waals surface area contributed by atoms with E-state index in [2.05, 4.69) is 54.6 Å². The van der Waals surface area contributed by atoms with Crippen molar-refractivity contribution in [3.8, 4) is 0 Å². The highest BCUT2D eigenvalue weighted by Crippen LogP contribution is 2.15. The average Bonchev–Trinajstić information content (AvgIpc) is 2.92. The van der Waals surface area contributed by atoms with E-state index in [4.69, 9.17) is 9.39 Å². The van der Waals surface area contributed by atoms with E-state index in [-0.39, 0.29) is 4.90 Å². The SMILES string of the molecule is Cc1ccc(S(=O)(=O)ON(C)CCCCCCc2ccccc2)cc1.OCCCCCCc1ccccc1. The van der Waals surface area contributed by atoms with Crippen LogP contribution in [0.4, 0.5) is 0 Å². The third-order valence-corrected chi connectivity index (χ3v) is 7.58. The van der Waals surface area contributed by atoms with Crippen LogP contribution in [0.2, 0.25) is 0 Å². The summed E-state index contributed by atoms with van der Waals surface area (Å²) >= 11 is 0. The monoisotopic (exact) mass is 539 g/mol. The topological polar surface area (TPSA) is 66.8 Å². The molecule has 38 heavy (non-hydrogen) atoms. The molecule has 0 aliphatic heterocycles. The minimum Gasteiger partial charge on any atom is -0.396 e. The number of rotatable bonds is 16. The summed E-state index contributed by atoms with van der Waals surface area (Å²) in [7, 11) is -2.07. The molecule has 208 valence electrons. The fraction of sp³-hybridized carbons (Fsp3) is 0.438. The van der Waals surface area contributed by atoms with E-state index < -0.39 is 10.1 Å². The van der Waals surface area contributed by atoms with Crippen LogP contribution in [0.15, 0.2) is 89.8 Å². The Hall–Kier alpha value is -2.51. The molecule has 0 atom stereocenters. The van der Waals surface area contributed by atoms with Crippen LogP contribution in [0.5, 0.6) is 0 Å². The van der Waals surface area contributed by atoms with E-state index >= 15 is 0 Å².